The molecule has 0 aromatic heterocycles. The molecular weight excluding hydrogens is 200 g/mol. The summed E-state index contributed by atoms with van der Waals surface area (Å²) in [5.74, 6) is 0. The average Bonchev–Trinajstić information content (AvgIpc) is 2.16. The van der Waals surface area contributed by atoms with E-state index in [9.17, 15) is 8.42 Å². The Balaban J connectivity index is 4.88. The van der Waals surface area contributed by atoms with E-state index in [4.69, 9.17) is 5.26 Å². The van der Waals surface area contributed by atoms with Gasteiger partial charge < -0.3 is 0 Å². The lowest BCUT2D eigenvalue weighted by Crippen LogP contribution is -2.40. The van der Waals surface area contributed by atoms with E-state index in [0.29, 0.717) is 6.42 Å². The SMILES string of the molecule is CCC(C)N(C)S(=O)(=O)C(C#N)CC. The smallest absolute Gasteiger partial charge is 0.211 e. The van der Waals surface area contributed by atoms with Crippen molar-refractivity contribution in [2.45, 2.75) is 44.9 Å². The minimum Gasteiger partial charge on any atom is -0.211 e. The number of rotatable bonds is 5. The number of nitrogens with zero attached hydrogens (tertiary/aromatic N) is 2. The van der Waals surface area contributed by atoms with Crippen molar-refractivity contribution in [3.05, 3.63) is 0 Å². The zero-order chi connectivity index (χ0) is 11.4. The number of hydrogen-bond donors (Lipinski definition) is 0. The second kappa shape index (κ2) is 5.32. The van der Waals surface area contributed by atoms with Crippen molar-refractivity contribution in [1.29, 1.82) is 5.26 Å². The molecule has 0 bridgehead atoms. The van der Waals surface area contributed by atoms with E-state index in [-0.39, 0.29) is 6.04 Å². The highest BCUT2D eigenvalue weighted by Gasteiger charge is 2.30. The Labute approximate surface area is 86.6 Å². The normalized spacial score (nSPS) is 16.3. The van der Waals surface area contributed by atoms with Crippen LogP contribution in [0.1, 0.15) is 33.6 Å². The summed E-state index contributed by atoms with van der Waals surface area (Å²) in [7, 11) is -1.91. The quantitative estimate of drug-likeness (QED) is 0.699. The van der Waals surface area contributed by atoms with E-state index in [0.717, 1.165) is 6.42 Å². The predicted molar refractivity (Wildman–Crippen MR) is 56.1 cm³/mol. The van der Waals surface area contributed by atoms with Crippen LogP contribution in [0.2, 0.25) is 0 Å². The summed E-state index contributed by atoms with van der Waals surface area (Å²) in [5, 5.41) is 7.79. The largest absolute Gasteiger partial charge is 0.230 e. The molecule has 0 aromatic carbocycles. The molecule has 14 heavy (non-hydrogen) atoms. The second-order valence-corrected chi connectivity index (χ2v) is 5.52. The molecule has 2 atom stereocenters. The molecule has 0 aromatic rings. The molecule has 4 nitrogen and oxygen atoms in total. The van der Waals surface area contributed by atoms with Crippen LogP contribution in [0.4, 0.5) is 0 Å². The van der Waals surface area contributed by atoms with Crippen LogP contribution in [0.25, 0.3) is 0 Å². The Bertz CT molecular complexity index is 305. The number of sulfonamides is 1. The molecule has 0 fully saturated rings. The first kappa shape index (κ1) is 13.4. The van der Waals surface area contributed by atoms with Gasteiger partial charge in [0.25, 0.3) is 0 Å². The van der Waals surface area contributed by atoms with Gasteiger partial charge in [0.2, 0.25) is 10.0 Å². The fourth-order valence-corrected chi connectivity index (χ4v) is 2.68. The van der Waals surface area contributed by atoms with Crippen LogP contribution in [-0.4, -0.2) is 31.1 Å². The third-order valence-corrected chi connectivity index (χ3v) is 4.81. The van der Waals surface area contributed by atoms with Crippen LogP contribution in [0.15, 0.2) is 0 Å². The highest BCUT2D eigenvalue weighted by Crippen LogP contribution is 2.14. The van der Waals surface area contributed by atoms with Gasteiger partial charge in [0.05, 0.1) is 6.07 Å². The molecule has 0 rings (SSSR count). The monoisotopic (exact) mass is 218 g/mol. The van der Waals surface area contributed by atoms with Crippen LogP contribution in [0, 0.1) is 11.3 Å². The van der Waals surface area contributed by atoms with Gasteiger partial charge in [-0.2, -0.15) is 5.26 Å². The predicted octanol–water partition coefficient (Wildman–Crippen LogP) is 1.35. The zero-order valence-electron chi connectivity index (χ0n) is 9.19. The summed E-state index contributed by atoms with van der Waals surface area (Å²) >= 11 is 0. The molecule has 0 radical (unpaired) electrons. The van der Waals surface area contributed by atoms with Gasteiger partial charge in [0.15, 0.2) is 5.25 Å². The molecule has 0 aliphatic carbocycles. The molecule has 0 saturated heterocycles. The van der Waals surface area contributed by atoms with Crippen molar-refractivity contribution in [2.75, 3.05) is 7.05 Å². The maximum Gasteiger partial charge on any atom is 0.230 e. The van der Waals surface area contributed by atoms with Gasteiger partial charge in [-0.25, -0.2) is 12.7 Å². The van der Waals surface area contributed by atoms with E-state index < -0.39 is 15.3 Å². The summed E-state index contributed by atoms with van der Waals surface area (Å²) in [6, 6.07) is 1.77. The summed E-state index contributed by atoms with van der Waals surface area (Å²) in [4.78, 5) is 0. The molecule has 0 N–H and O–H groups in total. The van der Waals surface area contributed by atoms with Crippen molar-refractivity contribution in [1.82, 2.24) is 4.31 Å². The molecule has 0 saturated carbocycles. The van der Waals surface area contributed by atoms with E-state index in [1.165, 1.54) is 11.4 Å². The van der Waals surface area contributed by atoms with Crippen LogP contribution in [-0.2, 0) is 10.0 Å². The molecular formula is C9H18N2O2S. The molecule has 82 valence electrons. The Hall–Kier alpha value is -0.600. The topological polar surface area (TPSA) is 61.2 Å². The molecule has 0 spiro atoms. The van der Waals surface area contributed by atoms with Gasteiger partial charge >= 0.3 is 0 Å². The minimum atomic E-state index is -3.44. The van der Waals surface area contributed by atoms with Gasteiger partial charge in [-0.05, 0) is 19.8 Å². The number of hydrogen-bond acceptors (Lipinski definition) is 3. The van der Waals surface area contributed by atoms with Gasteiger partial charge in [-0.1, -0.05) is 13.8 Å². The van der Waals surface area contributed by atoms with Gasteiger partial charge in [-0.15, -0.1) is 0 Å². The Morgan fingerprint density at radius 1 is 1.36 bits per heavy atom. The van der Waals surface area contributed by atoms with Crippen molar-refractivity contribution < 1.29 is 8.42 Å². The van der Waals surface area contributed by atoms with Crippen LogP contribution in [0.3, 0.4) is 0 Å². The van der Waals surface area contributed by atoms with Gasteiger partial charge in [0.1, 0.15) is 0 Å². The summed E-state index contributed by atoms with van der Waals surface area (Å²) in [6.45, 7) is 5.46. The van der Waals surface area contributed by atoms with E-state index >= 15 is 0 Å². The minimum absolute atomic E-state index is 0.0533. The molecule has 5 heteroatoms. The second-order valence-electron chi connectivity index (χ2n) is 3.34. The standard InChI is InChI=1S/C9H18N2O2S/c1-5-8(3)11(4)14(12,13)9(6-2)7-10/h8-9H,5-6H2,1-4H3. The maximum atomic E-state index is 11.8. The summed E-state index contributed by atoms with van der Waals surface area (Å²) in [6.07, 6.45) is 1.08. The van der Waals surface area contributed by atoms with E-state index in [1.807, 2.05) is 19.9 Å². The first-order valence-electron chi connectivity index (χ1n) is 4.78. The lowest BCUT2D eigenvalue weighted by atomic mass is 10.3. The molecule has 2 unspecified atom stereocenters. The Kier molecular flexibility index (Phi) is 5.09. The molecule has 0 heterocycles. The average molecular weight is 218 g/mol. The lowest BCUT2D eigenvalue weighted by Gasteiger charge is -2.24. The third-order valence-electron chi connectivity index (χ3n) is 2.49. The summed E-state index contributed by atoms with van der Waals surface area (Å²) in [5.41, 5.74) is 0. The zero-order valence-corrected chi connectivity index (χ0v) is 10.0. The maximum absolute atomic E-state index is 11.8. The van der Waals surface area contributed by atoms with Gasteiger partial charge in [0, 0.05) is 13.1 Å². The number of nitriles is 1. The Morgan fingerprint density at radius 2 is 1.86 bits per heavy atom. The molecule has 0 aliphatic heterocycles. The van der Waals surface area contributed by atoms with Crippen LogP contribution >= 0.6 is 0 Å². The van der Waals surface area contributed by atoms with Crippen LogP contribution in [0.5, 0.6) is 0 Å². The molecule has 0 aliphatic rings. The van der Waals surface area contributed by atoms with Crippen molar-refractivity contribution in [2.24, 2.45) is 0 Å². The Morgan fingerprint density at radius 3 is 2.14 bits per heavy atom. The first-order chi connectivity index (χ1) is 6.41. The van der Waals surface area contributed by atoms with Crippen LogP contribution < -0.4 is 0 Å². The van der Waals surface area contributed by atoms with Crippen molar-refractivity contribution >= 4 is 10.0 Å². The van der Waals surface area contributed by atoms with E-state index in [2.05, 4.69) is 0 Å². The molecule has 0 amide bonds. The van der Waals surface area contributed by atoms with Crippen molar-refractivity contribution in [3.8, 4) is 6.07 Å². The lowest BCUT2D eigenvalue weighted by molar-refractivity contribution is 0.377. The fraction of sp³-hybridized carbons (Fsp3) is 0.889. The third kappa shape index (κ3) is 2.69. The van der Waals surface area contributed by atoms with Gasteiger partial charge in [-0.3, -0.25) is 0 Å². The fourth-order valence-electron chi connectivity index (χ4n) is 1.08. The highest BCUT2D eigenvalue weighted by molar-refractivity contribution is 7.90. The summed E-state index contributed by atoms with van der Waals surface area (Å²) < 4.78 is 24.9. The first-order valence-corrected chi connectivity index (χ1v) is 6.28. The van der Waals surface area contributed by atoms with E-state index in [1.54, 1.807) is 6.92 Å². The van der Waals surface area contributed by atoms with Crippen molar-refractivity contribution in [3.63, 3.8) is 0 Å². The highest BCUT2D eigenvalue weighted by atomic mass is 32.2.